The highest BCUT2D eigenvalue weighted by molar-refractivity contribution is 6.46. The summed E-state index contributed by atoms with van der Waals surface area (Å²) in [6.07, 6.45) is 2.52. The SMILES string of the molecule is CCCCCN1C(=O)C(=O)/C(=C(\O)c2ccc(OC)cc2)C1c1ccccc1F. The van der Waals surface area contributed by atoms with Crippen LogP contribution in [0.25, 0.3) is 5.76 Å². The zero-order valence-corrected chi connectivity index (χ0v) is 16.5. The number of unbranched alkanes of at least 4 members (excludes halogenated alkanes) is 2. The van der Waals surface area contributed by atoms with Gasteiger partial charge in [0.15, 0.2) is 0 Å². The van der Waals surface area contributed by atoms with E-state index in [1.807, 2.05) is 6.92 Å². The fourth-order valence-electron chi connectivity index (χ4n) is 3.57. The van der Waals surface area contributed by atoms with Gasteiger partial charge in [0, 0.05) is 17.7 Å². The molecule has 1 aliphatic heterocycles. The molecule has 1 amide bonds. The molecule has 6 heteroatoms. The van der Waals surface area contributed by atoms with E-state index in [1.165, 1.54) is 18.1 Å². The van der Waals surface area contributed by atoms with Crippen molar-refractivity contribution in [3.05, 3.63) is 71.0 Å². The highest BCUT2D eigenvalue weighted by atomic mass is 19.1. The number of benzene rings is 2. The fourth-order valence-corrected chi connectivity index (χ4v) is 3.57. The summed E-state index contributed by atoms with van der Waals surface area (Å²) in [7, 11) is 1.52. The van der Waals surface area contributed by atoms with Crippen molar-refractivity contribution in [3.63, 3.8) is 0 Å². The van der Waals surface area contributed by atoms with Gasteiger partial charge in [0.05, 0.1) is 18.7 Å². The third-order valence-electron chi connectivity index (χ3n) is 5.11. The van der Waals surface area contributed by atoms with Crippen molar-refractivity contribution in [2.45, 2.75) is 32.2 Å². The number of Topliss-reactive ketones (excluding diaryl/α,β-unsaturated/α-hetero) is 1. The van der Waals surface area contributed by atoms with Gasteiger partial charge in [0.1, 0.15) is 17.3 Å². The number of hydrogen-bond donors (Lipinski definition) is 1. The van der Waals surface area contributed by atoms with Crippen LogP contribution in [0, 0.1) is 5.82 Å². The Labute approximate surface area is 169 Å². The van der Waals surface area contributed by atoms with Crippen molar-refractivity contribution in [1.29, 1.82) is 0 Å². The molecule has 2 aromatic rings. The second-order valence-corrected chi connectivity index (χ2v) is 6.95. The van der Waals surface area contributed by atoms with Gasteiger partial charge >= 0.3 is 0 Å². The van der Waals surface area contributed by atoms with Crippen LogP contribution in [-0.2, 0) is 9.59 Å². The van der Waals surface area contributed by atoms with E-state index in [9.17, 15) is 19.1 Å². The first kappa shape index (κ1) is 20.6. The van der Waals surface area contributed by atoms with Crippen molar-refractivity contribution in [2.75, 3.05) is 13.7 Å². The number of aliphatic hydroxyl groups excluding tert-OH is 1. The molecule has 0 radical (unpaired) electrons. The number of likely N-dealkylation sites (tertiary alicyclic amines) is 1. The summed E-state index contributed by atoms with van der Waals surface area (Å²) in [6, 6.07) is 11.5. The summed E-state index contributed by atoms with van der Waals surface area (Å²) in [5.74, 6) is -1.78. The van der Waals surface area contributed by atoms with Crippen LogP contribution in [0.2, 0.25) is 0 Å². The number of rotatable bonds is 7. The summed E-state index contributed by atoms with van der Waals surface area (Å²) in [6.45, 7) is 2.35. The van der Waals surface area contributed by atoms with Gasteiger partial charge in [-0.1, -0.05) is 38.0 Å². The molecule has 1 aliphatic rings. The zero-order valence-electron chi connectivity index (χ0n) is 16.5. The molecule has 1 saturated heterocycles. The molecule has 1 atom stereocenters. The van der Waals surface area contributed by atoms with E-state index >= 15 is 0 Å². The average Bonchev–Trinajstić information content (AvgIpc) is 2.98. The number of halogens is 1. The molecule has 1 heterocycles. The largest absolute Gasteiger partial charge is 0.507 e. The lowest BCUT2D eigenvalue weighted by molar-refractivity contribution is -0.139. The van der Waals surface area contributed by atoms with E-state index in [4.69, 9.17) is 4.74 Å². The Morgan fingerprint density at radius 2 is 1.79 bits per heavy atom. The van der Waals surface area contributed by atoms with Crippen LogP contribution < -0.4 is 4.74 Å². The van der Waals surface area contributed by atoms with Crippen molar-refractivity contribution < 1.29 is 23.8 Å². The maximum Gasteiger partial charge on any atom is 0.295 e. The number of aliphatic hydroxyl groups is 1. The molecule has 0 saturated carbocycles. The predicted molar refractivity (Wildman–Crippen MR) is 108 cm³/mol. The lowest BCUT2D eigenvalue weighted by Crippen LogP contribution is -2.31. The van der Waals surface area contributed by atoms with Gasteiger partial charge in [-0.05, 0) is 36.8 Å². The molecule has 29 heavy (non-hydrogen) atoms. The third-order valence-corrected chi connectivity index (χ3v) is 5.11. The Kier molecular flexibility index (Phi) is 6.32. The minimum Gasteiger partial charge on any atom is -0.507 e. The second kappa shape index (κ2) is 8.90. The Morgan fingerprint density at radius 1 is 1.10 bits per heavy atom. The van der Waals surface area contributed by atoms with Crippen LogP contribution in [0.1, 0.15) is 43.4 Å². The molecule has 3 rings (SSSR count). The molecule has 0 aliphatic carbocycles. The lowest BCUT2D eigenvalue weighted by atomic mass is 9.95. The smallest absolute Gasteiger partial charge is 0.295 e. The van der Waals surface area contributed by atoms with Crippen LogP contribution in [0.4, 0.5) is 4.39 Å². The van der Waals surface area contributed by atoms with Gasteiger partial charge < -0.3 is 14.7 Å². The molecular weight excluding hydrogens is 373 g/mol. The van der Waals surface area contributed by atoms with E-state index in [-0.39, 0.29) is 16.9 Å². The minimum absolute atomic E-state index is 0.0956. The molecule has 1 unspecified atom stereocenters. The molecule has 1 N–H and O–H groups in total. The number of carbonyl (C=O) groups is 2. The number of ether oxygens (including phenoxy) is 1. The van der Waals surface area contributed by atoms with Gasteiger partial charge in [0.25, 0.3) is 11.7 Å². The highest BCUT2D eigenvalue weighted by Gasteiger charge is 2.46. The number of hydrogen-bond acceptors (Lipinski definition) is 4. The molecule has 0 aromatic heterocycles. The minimum atomic E-state index is -0.963. The van der Waals surface area contributed by atoms with E-state index < -0.39 is 23.5 Å². The quantitative estimate of drug-likeness (QED) is 0.325. The standard InChI is InChI=1S/C23H24FNO4/c1-3-4-7-14-25-20(17-8-5-6-9-18(17)24)19(22(27)23(25)28)21(26)15-10-12-16(29-2)13-11-15/h5-6,8-13,20,26H,3-4,7,14H2,1-2H3/b21-19-. The van der Waals surface area contributed by atoms with Crippen LogP contribution in [0.15, 0.2) is 54.1 Å². The van der Waals surface area contributed by atoms with Crippen molar-refractivity contribution in [1.82, 2.24) is 4.90 Å². The Balaban J connectivity index is 2.12. The molecule has 1 fully saturated rings. The van der Waals surface area contributed by atoms with E-state index in [0.717, 1.165) is 12.8 Å². The highest BCUT2D eigenvalue weighted by Crippen LogP contribution is 2.40. The summed E-state index contributed by atoms with van der Waals surface area (Å²) in [5.41, 5.74) is 0.457. The Bertz CT molecular complexity index is 936. The summed E-state index contributed by atoms with van der Waals surface area (Å²) in [4.78, 5) is 26.9. The van der Waals surface area contributed by atoms with Gasteiger partial charge in [0.2, 0.25) is 0 Å². The van der Waals surface area contributed by atoms with Crippen molar-refractivity contribution in [2.24, 2.45) is 0 Å². The fraction of sp³-hybridized carbons (Fsp3) is 0.304. The lowest BCUT2D eigenvalue weighted by Gasteiger charge is -2.25. The molecule has 2 aromatic carbocycles. The molecule has 0 bridgehead atoms. The van der Waals surface area contributed by atoms with Crippen LogP contribution in [-0.4, -0.2) is 35.4 Å². The van der Waals surface area contributed by atoms with Gasteiger partial charge in [-0.2, -0.15) is 0 Å². The maximum absolute atomic E-state index is 14.6. The van der Waals surface area contributed by atoms with E-state index in [0.29, 0.717) is 24.3 Å². The Morgan fingerprint density at radius 3 is 2.41 bits per heavy atom. The van der Waals surface area contributed by atoms with Crippen LogP contribution in [0.5, 0.6) is 5.75 Å². The average molecular weight is 397 g/mol. The van der Waals surface area contributed by atoms with Crippen LogP contribution in [0.3, 0.4) is 0 Å². The molecular formula is C23H24FNO4. The van der Waals surface area contributed by atoms with Crippen molar-refractivity contribution in [3.8, 4) is 5.75 Å². The van der Waals surface area contributed by atoms with E-state index in [2.05, 4.69) is 0 Å². The summed E-state index contributed by atoms with van der Waals surface area (Å²) < 4.78 is 19.7. The number of carbonyl (C=O) groups excluding carboxylic acids is 2. The first-order chi connectivity index (χ1) is 14.0. The van der Waals surface area contributed by atoms with Gasteiger partial charge in [-0.3, -0.25) is 9.59 Å². The molecule has 0 spiro atoms. The number of nitrogens with zero attached hydrogens (tertiary/aromatic N) is 1. The number of ketones is 1. The van der Waals surface area contributed by atoms with Gasteiger partial charge in [-0.25, -0.2) is 4.39 Å². The normalized spacial score (nSPS) is 18.3. The summed E-state index contributed by atoms with van der Waals surface area (Å²) in [5, 5.41) is 10.9. The van der Waals surface area contributed by atoms with E-state index in [1.54, 1.807) is 42.5 Å². The molecule has 5 nitrogen and oxygen atoms in total. The summed E-state index contributed by atoms with van der Waals surface area (Å²) >= 11 is 0. The maximum atomic E-state index is 14.6. The molecule has 152 valence electrons. The zero-order chi connectivity index (χ0) is 21.0. The van der Waals surface area contributed by atoms with Crippen molar-refractivity contribution >= 4 is 17.4 Å². The predicted octanol–water partition coefficient (Wildman–Crippen LogP) is 4.45. The first-order valence-corrected chi connectivity index (χ1v) is 9.66. The topological polar surface area (TPSA) is 66.8 Å². The second-order valence-electron chi connectivity index (χ2n) is 6.95. The Hall–Kier alpha value is -3.15. The number of methoxy groups -OCH3 is 1. The van der Waals surface area contributed by atoms with Gasteiger partial charge in [-0.15, -0.1) is 0 Å². The number of amides is 1. The van der Waals surface area contributed by atoms with Crippen LogP contribution >= 0.6 is 0 Å². The third kappa shape index (κ3) is 4.01. The first-order valence-electron chi connectivity index (χ1n) is 9.66. The monoisotopic (exact) mass is 397 g/mol.